The molecule has 0 aliphatic carbocycles. The van der Waals surface area contributed by atoms with Gasteiger partial charge in [0.1, 0.15) is 5.75 Å². The van der Waals surface area contributed by atoms with Crippen LogP contribution < -0.4 is 10.1 Å². The molecular weight excluding hydrogens is 290 g/mol. The molecule has 1 heterocycles. The highest BCUT2D eigenvalue weighted by molar-refractivity contribution is 7.09. The predicted molar refractivity (Wildman–Crippen MR) is 93.7 cm³/mol. The highest BCUT2D eigenvalue weighted by atomic mass is 32.1. The molecular formula is C19H19NOS. The van der Waals surface area contributed by atoms with Gasteiger partial charge >= 0.3 is 0 Å². The van der Waals surface area contributed by atoms with Crippen molar-refractivity contribution >= 4 is 17.0 Å². The highest BCUT2D eigenvalue weighted by Gasteiger charge is 1.98. The maximum atomic E-state index is 5.79. The fourth-order valence-electron chi connectivity index (χ4n) is 2.20. The third kappa shape index (κ3) is 4.37. The van der Waals surface area contributed by atoms with E-state index in [4.69, 9.17) is 4.74 Å². The molecule has 0 aliphatic rings. The van der Waals surface area contributed by atoms with Crippen molar-refractivity contribution in [3.05, 3.63) is 82.6 Å². The summed E-state index contributed by atoms with van der Waals surface area (Å²) in [5.41, 5.74) is 2.42. The number of anilines is 1. The van der Waals surface area contributed by atoms with Crippen LogP contribution in [0.3, 0.4) is 0 Å². The lowest BCUT2D eigenvalue weighted by Gasteiger charge is -2.08. The smallest absolute Gasteiger partial charge is 0.119 e. The fraction of sp³-hybridized carbons (Fsp3) is 0.158. The van der Waals surface area contributed by atoms with Crippen LogP contribution in [0.15, 0.2) is 72.1 Å². The summed E-state index contributed by atoms with van der Waals surface area (Å²) in [6.45, 7) is 1.57. The van der Waals surface area contributed by atoms with E-state index in [9.17, 15) is 0 Å². The van der Waals surface area contributed by atoms with Gasteiger partial charge in [-0.3, -0.25) is 0 Å². The number of hydrogen-bond donors (Lipinski definition) is 1. The van der Waals surface area contributed by atoms with Crippen molar-refractivity contribution in [2.45, 2.75) is 13.0 Å². The Bertz CT molecular complexity index is 662. The third-order valence-electron chi connectivity index (χ3n) is 3.40. The van der Waals surface area contributed by atoms with E-state index >= 15 is 0 Å². The Balaban J connectivity index is 1.45. The Hall–Kier alpha value is -2.26. The van der Waals surface area contributed by atoms with Crippen molar-refractivity contribution in [1.82, 2.24) is 0 Å². The van der Waals surface area contributed by atoms with Gasteiger partial charge in [0.05, 0.1) is 6.61 Å². The maximum Gasteiger partial charge on any atom is 0.119 e. The van der Waals surface area contributed by atoms with E-state index in [0.717, 1.165) is 24.4 Å². The minimum absolute atomic E-state index is 0.700. The summed E-state index contributed by atoms with van der Waals surface area (Å²) < 4.78 is 5.79. The van der Waals surface area contributed by atoms with Crippen LogP contribution in [0.4, 0.5) is 5.69 Å². The number of hydrogen-bond acceptors (Lipinski definition) is 3. The third-order valence-corrected chi connectivity index (χ3v) is 4.28. The first-order chi connectivity index (χ1) is 10.9. The van der Waals surface area contributed by atoms with Gasteiger partial charge in [-0.05, 0) is 41.3 Å². The second kappa shape index (κ2) is 7.66. The van der Waals surface area contributed by atoms with E-state index < -0.39 is 0 Å². The Morgan fingerprint density at radius 1 is 0.864 bits per heavy atom. The van der Waals surface area contributed by atoms with E-state index in [1.807, 2.05) is 18.2 Å². The van der Waals surface area contributed by atoms with Crippen molar-refractivity contribution in [2.75, 3.05) is 11.9 Å². The number of ether oxygens (including phenoxy) is 1. The zero-order valence-electron chi connectivity index (χ0n) is 12.4. The van der Waals surface area contributed by atoms with Crippen molar-refractivity contribution in [1.29, 1.82) is 0 Å². The molecule has 1 aromatic heterocycles. The fourth-order valence-corrected chi connectivity index (χ4v) is 2.85. The molecule has 2 nitrogen and oxygen atoms in total. The van der Waals surface area contributed by atoms with Gasteiger partial charge in [0.25, 0.3) is 0 Å². The van der Waals surface area contributed by atoms with E-state index in [2.05, 4.69) is 59.2 Å². The van der Waals surface area contributed by atoms with Gasteiger partial charge in [-0.2, -0.15) is 0 Å². The highest BCUT2D eigenvalue weighted by Crippen LogP contribution is 2.18. The molecule has 0 atom stereocenters. The minimum Gasteiger partial charge on any atom is -0.493 e. The number of nitrogens with one attached hydrogen (secondary N) is 1. The summed E-state index contributed by atoms with van der Waals surface area (Å²) in [5.74, 6) is 0.914. The van der Waals surface area contributed by atoms with Gasteiger partial charge in [0.2, 0.25) is 0 Å². The molecule has 22 heavy (non-hydrogen) atoms. The Labute approximate surface area is 135 Å². The van der Waals surface area contributed by atoms with Crippen LogP contribution in [0.25, 0.3) is 0 Å². The van der Waals surface area contributed by atoms with Crippen LogP contribution in [0.5, 0.6) is 5.75 Å². The zero-order valence-corrected chi connectivity index (χ0v) is 13.2. The van der Waals surface area contributed by atoms with Crippen LogP contribution in [0.2, 0.25) is 0 Å². The van der Waals surface area contributed by atoms with Crippen molar-refractivity contribution < 1.29 is 4.74 Å². The van der Waals surface area contributed by atoms with Gasteiger partial charge in [0.15, 0.2) is 0 Å². The lowest BCUT2D eigenvalue weighted by atomic mass is 10.2. The zero-order chi connectivity index (χ0) is 15.0. The van der Waals surface area contributed by atoms with Gasteiger partial charge in [-0.25, -0.2) is 0 Å². The Kier molecular flexibility index (Phi) is 5.11. The molecule has 0 radical (unpaired) electrons. The molecule has 0 bridgehead atoms. The molecule has 0 saturated heterocycles. The molecule has 3 aromatic rings. The number of thiophene rings is 1. The van der Waals surface area contributed by atoms with Crippen molar-refractivity contribution in [3.8, 4) is 5.75 Å². The molecule has 2 aromatic carbocycles. The molecule has 1 N–H and O–H groups in total. The lowest BCUT2D eigenvalue weighted by Crippen LogP contribution is -2.01. The van der Waals surface area contributed by atoms with Gasteiger partial charge in [-0.15, -0.1) is 11.3 Å². The number of rotatable bonds is 7. The van der Waals surface area contributed by atoms with E-state index in [0.29, 0.717) is 6.61 Å². The van der Waals surface area contributed by atoms with Crippen LogP contribution in [-0.4, -0.2) is 6.61 Å². The maximum absolute atomic E-state index is 5.79. The SMILES string of the molecule is c1ccc(CCOc2ccc(NCc3cccs3)cc2)cc1. The lowest BCUT2D eigenvalue weighted by molar-refractivity contribution is 0.322. The first kappa shape index (κ1) is 14.7. The monoisotopic (exact) mass is 309 g/mol. The van der Waals surface area contributed by atoms with Gasteiger partial charge in [-0.1, -0.05) is 36.4 Å². The van der Waals surface area contributed by atoms with Crippen LogP contribution in [0, 0.1) is 0 Å². The van der Waals surface area contributed by atoms with Gasteiger partial charge in [0, 0.05) is 23.5 Å². The summed E-state index contributed by atoms with van der Waals surface area (Å²) in [6, 6.07) is 22.8. The Morgan fingerprint density at radius 2 is 1.68 bits per heavy atom. The van der Waals surface area contributed by atoms with Crippen molar-refractivity contribution in [2.24, 2.45) is 0 Å². The predicted octanol–water partition coefficient (Wildman–Crippen LogP) is 4.98. The summed E-state index contributed by atoms with van der Waals surface area (Å²) in [7, 11) is 0. The van der Waals surface area contributed by atoms with E-state index in [1.54, 1.807) is 11.3 Å². The Morgan fingerprint density at radius 3 is 2.41 bits per heavy atom. The van der Waals surface area contributed by atoms with Crippen molar-refractivity contribution in [3.63, 3.8) is 0 Å². The van der Waals surface area contributed by atoms with Crippen LogP contribution >= 0.6 is 11.3 Å². The molecule has 3 heteroatoms. The van der Waals surface area contributed by atoms with E-state index in [-0.39, 0.29) is 0 Å². The molecule has 3 rings (SSSR count). The molecule has 0 unspecified atom stereocenters. The standard InChI is InChI=1S/C19H19NOS/c1-2-5-16(6-3-1)12-13-21-18-10-8-17(9-11-18)20-15-19-7-4-14-22-19/h1-11,14,20H,12-13,15H2. The van der Waals surface area contributed by atoms with Gasteiger partial charge < -0.3 is 10.1 Å². The normalized spacial score (nSPS) is 10.4. The molecule has 0 aliphatic heterocycles. The second-order valence-corrected chi connectivity index (χ2v) is 6.07. The quantitative estimate of drug-likeness (QED) is 0.664. The summed E-state index contributed by atoms with van der Waals surface area (Å²) in [6.07, 6.45) is 0.930. The first-order valence-electron chi connectivity index (χ1n) is 7.43. The summed E-state index contributed by atoms with van der Waals surface area (Å²) >= 11 is 1.77. The topological polar surface area (TPSA) is 21.3 Å². The first-order valence-corrected chi connectivity index (χ1v) is 8.31. The summed E-state index contributed by atoms with van der Waals surface area (Å²) in [4.78, 5) is 1.34. The average Bonchev–Trinajstić information content (AvgIpc) is 3.09. The van der Waals surface area contributed by atoms with Crippen LogP contribution in [0.1, 0.15) is 10.4 Å². The minimum atomic E-state index is 0.700. The molecule has 0 saturated carbocycles. The van der Waals surface area contributed by atoms with E-state index in [1.165, 1.54) is 10.4 Å². The average molecular weight is 309 g/mol. The summed E-state index contributed by atoms with van der Waals surface area (Å²) in [5, 5.41) is 5.51. The molecule has 0 amide bonds. The largest absolute Gasteiger partial charge is 0.493 e. The molecule has 0 spiro atoms. The molecule has 112 valence electrons. The van der Waals surface area contributed by atoms with Crippen LogP contribution in [-0.2, 0) is 13.0 Å². The second-order valence-electron chi connectivity index (χ2n) is 5.04. The molecule has 0 fully saturated rings. The number of benzene rings is 2.